The van der Waals surface area contributed by atoms with E-state index in [-0.39, 0.29) is 11.3 Å². The zero-order valence-electron chi connectivity index (χ0n) is 18.7. The van der Waals surface area contributed by atoms with E-state index in [1.807, 2.05) is 24.3 Å². The standard InChI is InChI=1S/C26H19ClN2O5S/c1-33-18-12-9-15(13-19(18)34-2)22-21(23(30)14-7-10-16(27)11-8-14)24(31)25(32)29(22)26-28-17-5-3-4-6-20(17)35-26/h3-13,22,30H,1-2H3/b23-21+. The fourth-order valence-corrected chi connectivity index (χ4v) is 5.21. The highest BCUT2D eigenvalue weighted by Crippen LogP contribution is 2.45. The van der Waals surface area contributed by atoms with Crippen LogP contribution in [-0.2, 0) is 9.59 Å². The second-order valence-corrected chi connectivity index (χ2v) is 9.20. The summed E-state index contributed by atoms with van der Waals surface area (Å²) in [6, 6.07) is 18.0. The Morgan fingerprint density at radius 2 is 1.71 bits per heavy atom. The van der Waals surface area contributed by atoms with Gasteiger partial charge in [0.15, 0.2) is 16.6 Å². The fraction of sp³-hybridized carbons (Fsp3) is 0.115. The minimum absolute atomic E-state index is 0.0520. The van der Waals surface area contributed by atoms with Crippen LogP contribution in [0.3, 0.4) is 0 Å². The summed E-state index contributed by atoms with van der Waals surface area (Å²) in [5.74, 6) is -0.975. The van der Waals surface area contributed by atoms with Gasteiger partial charge in [-0.05, 0) is 54.1 Å². The van der Waals surface area contributed by atoms with Gasteiger partial charge < -0.3 is 14.6 Å². The van der Waals surface area contributed by atoms with E-state index in [0.29, 0.717) is 38.3 Å². The Bertz CT molecular complexity index is 1460. The van der Waals surface area contributed by atoms with E-state index in [1.165, 1.54) is 30.5 Å². The molecular formula is C26H19ClN2O5S. The Morgan fingerprint density at radius 1 is 1.00 bits per heavy atom. The van der Waals surface area contributed by atoms with Crippen LogP contribution in [0.15, 0.2) is 72.3 Å². The lowest BCUT2D eigenvalue weighted by atomic mass is 9.95. The molecule has 1 aliphatic rings. The number of amides is 1. The molecule has 1 aromatic heterocycles. The quantitative estimate of drug-likeness (QED) is 0.215. The van der Waals surface area contributed by atoms with Crippen molar-refractivity contribution in [3.63, 3.8) is 0 Å². The number of nitrogens with zero attached hydrogens (tertiary/aromatic N) is 2. The van der Waals surface area contributed by atoms with Crippen molar-refractivity contribution < 1.29 is 24.2 Å². The normalized spacial score (nSPS) is 17.2. The number of aromatic nitrogens is 1. The van der Waals surface area contributed by atoms with Gasteiger partial charge in [0.1, 0.15) is 5.76 Å². The van der Waals surface area contributed by atoms with Crippen LogP contribution < -0.4 is 14.4 Å². The van der Waals surface area contributed by atoms with Gasteiger partial charge in [-0.15, -0.1) is 0 Å². The van der Waals surface area contributed by atoms with Gasteiger partial charge in [-0.1, -0.05) is 41.1 Å². The average molecular weight is 507 g/mol. The predicted molar refractivity (Wildman–Crippen MR) is 135 cm³/mol. The number of methoxy groups -OCH3 is 2. The Kier molecular flexibility index (Phi) is 5.92. The maximum absolute atomic E-state index is 13.4. The summed E-state index contributed by atoms with van der Waals surface area (Å²) in [6.45, 7) is 0. The average Bonchev–Trinajstić information content (AvgIpc) is 3.42. The number of fused-ring (bicyclic) bond motifs is 1. The number of benzene rings is 3. The van der Waals surface area contributed by atoms with E-state index in [9.17, 15) is 14.7 Å². The van der Waals surface area contributed by atoms with Crippen molar-refractivity contribution in [1.29, 1.82) is 0 Å². The second kappa shape index (κ2) is 9.05. The van der Waals surface area contributed by atoms with Gasteiger partial charge in [-0.3, -0.25) is 14.5 Å². The number of halogens is 1. The third-order valence-corrected chi connectivity index (χ3v) is 7.06. The Labute approximate surface area is 209 Å². The number of carbonyl (C=O) groups is 2. The number of hydrogen-bond acceptors (Lipinski definition) is 7. The van der Waals surface area contributed by atoms with Crippen LogP contribution in [-0.4, -0.2) is 36.0 Å². The SMILES string of the molecule is COc1ccc(C2/C(=C(\O)c3ccc(Cl)cc3)C(=O)C(=O)N2c2nc3ccccc3s2)cc1OC. The summed E-state index contributed by atoms with van der Waals surface area (Å²) < 4.78 is 11.7. The molecule has 176 valence electrons. The predicted octanol–water partition coefficient (Wildman–Crippen LogP) is 5.59. The first-order chi connectivity index (χ1) is 16.9. The first kappa shape index (κ1) is 22.9. The molecule has 7 nitrogen and oxygen atoms in total. The lowest BCUT2D eigenvalue weighted by Crippen LogP contribution is -2.29. The van der Waals surface area contributed by atoms with Crippen LogP contribution in [0.4, 0.5) is 5.13 Å². The highest BCUT2D eigenvalue weighted by atomic mass is 35.5. The highest BCUT2D eigenvalue weighted by Gasteiger charge is 2.48. The van der Waals surface area contributed by atoms with Gasteiger partial charge in [0.05, 0.1) is 36.1 Å². The molecule has 9 heteroatoms. The largest absolute Gasteiger partial charge is 0.507 e. The van der Waals surface area contributed by atoms with Crippen LogP contribution in [0.1, 0.15) is 17.2 Å². The van der Waals surface area contributed by atoms with Crippen molar-refractivity contribution in [3.05, 3.63) is 88.5 Å². The molecule has 0 bridgehead atoms. The number of carbonyl (C=O) groups excluding carboxylic acids is 2. The summed E-state index contributed by atoms with van der Waals surface area (Å²) in [6.07, 6.45) is 0. The van der Waals surface area contributed by atoms with Gasteiger partial charge in [0.2, 0.25) is 0 Å². The molecule has 3 aromatic carbocycles. The third-order valence-electron chi connectivity index (χ3n) is 5.77. The zero-order valence-corrected chi connectivity index (χ0v) is 20.3. The van der Waals surface area contributed by atoms with Crippen molar-refractivity contribution in [3.8, 4) is 11.5 Å². The van der Waals surface area contributed by atoms with E-state index < -0.39 is 17.7 Å². The number of thiazole rings is 1. The van der Waals surface area contributed by atoms with Crippen LogP contribution in [0.25, 0.3) is 16.0 Å². The van der Waals surface area contributed by atoms with Gasteiger partial charge in [-0.2, -0.15) is 0 Å². The lowest BCUT2D eigenvalue weighted by Gasteiger charge is -2.23. The van der Waals surface area contributed by atoms with E-state index in [0.717, 1.165) is 4.70 Å². The minimum atomic E-state index is -0.939. The molecule has 1 saturated heterocycles. The summed E-state index contributed by atoms with van der Waals surface area (Å²) in [4.78, 5) is 32.6. The highest BCUT2D eigenvalue weighted by molar-refractivity contribution is 7.22. The lowest BCUT2D eigenvalue weighted by molar-refractivity contribution is -0.132. The molecule has 4 aromatic rings. The molecule has 0 saturated carbocycles. The summed E-state index contributed by atoms with van der Waals surface area (Å²) >= 11 is 7.29. The number of Topliss-reactive ketones (excluding diaryl/α,β-unsaturated/α-hetero) is 1. The van der Waals surface area contributed by atoms with Gasteiger partial charge in [-0.25, -0.2) is 4.98 Å². The van der Waals surface area contributed by atoms with E-state index in [2.05, 4.69) is 4.98 Å². The van der Waals surface area contributed by atoms with Crippen LogP contribution in [0.5, 0.6) is 11.5 Å². The van der Waals surface area contributed by atoms with Crippen molar-refractivity contribution in [2.45, 2.75) is 6.04 Å². The van der Waals surface area contributed by atoms with Gasteiger partial charge in [0, 0.05) is 10.6 Å². The molecular weight excluding hydrogens is 488 g/mol. The number of ether oxygens (including phenoxy) is 2. The Morgan fingerprint density at radius 3 is 2.40 bits per heavy atom. The maximum Gasteiger partial charge on any atom is 0.301 e. The number of anilines is 1. The molecule has 1 amide bonds. The molecule has 2 heterocycles. The second-order valence-electron chi connectivity index (χ2n) is 7.75. The zero-order chi connectivity index (χ0) is 24.7. The number of aliphatic hydroxyl groups excluding tert-OH is 1. The topological polar surface area (TPSA) is 89.0 Å². The molecule has 5 rings (SSSR count). The van der Waals surface area contributed by atoms with E-state index in [4.69, 9.17) is 21.1 Å². The monoisotopic (exact) mass is 506 g/mol. The third kappa shape index (κ3) is 3.90. The van der Waals surface area contributed by atoms with Crippen LogP contribution in [0.2, 0.25) is 5.02 Å². The first-order valence-electron chi connectivity index (χ1n) is 10.6. The van der Waals surface area contributed by atoms with E-state index in [1.54, 1.807) is 42.5 Å². The van der Waals surface area contributed by atoms with Crippen molar-refractivity contribution in [1.82, 2.24) is 4.98 Å². The molecule has 1 fully saturated rings. The van der Waals surface area contributed by atoms with Crippen molar-refractivity contribution in [2.24, 2.45) is 0 Å². The summed E-state index contributed by atoms with van der Waals surface area (Å²) in [7, 11) is 3.02. The molecule has 35 heavy (non-hydrogen) atoms. The smallest absolute Gasteiger partial charge is 0.301 e. The number of rotatable bonds is 5. The molecule has 1 unspecified atom stereocenters. The molecule has 0 spiro atoms. The van der Waals surface area contributed by atoms with E-state index >= 15 is 0 Å². The van der Waals surface area contributed by atoms with Crippen LogP contribution >= 0.6 is 22.9 Å². The molecule has 1 atom stereocenters. The van der Waals surface area contributed by atoms with Gasteiger partial charge >= 0.3 is 5.91 Å². The Balaban J connectivity index is 1.75. The van der Waals surface area contributed by atoms with Crippen LogP contribution in [0, 0.1) is 0 Å². The molecule has 0 aliphatic carbocycles. The van der Waals surface area contributed by atoms with Gasteiger partial charge in [0.25, 0.3) is 5.78 Å². The van der Waals surface area contributed by atoms with Crippen molar-refractivity contribution >= 4 is 55.7 Å². The number of ketones is 1. The summed E-state index contributed by atoms with van der Waals surface area (Å²) in [5, 5.41) is 12.1. The van der Waals surface area contributed by atoms with Crippen molar-refractivity contribution in [2.75, 3.05) is 19.1 Å². The Hall–Kier alpha value is -3.88. The maximum atomic E-state index is 13.4. The molecule has 1 N–H and O–H groups in total. The molecule has 0 radical (unpaired) electrons. The first-order valence-corrected chi connectivity index (χ1v) is 11.8. The number of hydrogen-bond donors (Lipinski definition) is 1. The number of aliphatic hydroxyl groups is 1. The number of para-hydroxylation sites is 1. The summed E-state index contributed by atoms with van der Waals surface area (Å²) in [5.41, 5.74) is 1.57. The fourth-order valence-electron chi connectivity index (χ4n) is 4.09. The minimum Gasteiger partial charge on any atom is -0.507 e. The molecule has 1 aliphatic heterocycles.